The molecule has 0 N–H and O–H groups in total. The van der Waals surface area contributed by atoms with E-state index in [-0.39, 0.29) is 33.2 Å². The fourth-order valence-corrected chi connectivity index (χ4v) is 9.72. The zero-order valence-electron chi connectivity index (χ0n) is 24.9. The molecule has 0 spiro atoms. The van der Waals surface area contributed by atoms with Gasteiger partial charge >= 0.3 is 0 Å². The minimum atomic E-state index is -3.73. The molecule has 3 heterocycles. The van der Waals surface area contributed by atoms with Crippen molar-refractivity contribution in [2.24, 2.45) is 0 Å². The molecule has 3 aliphatic rings. The second kappa shape index (κ2) is 13.3. The van der Waals surface area contributed by atoms with Crippen LogP contribution >= 0.6 is 11.6 Å². The molecule has 2 aromatic rings. The lowest BCUT2D eigenvalue weighted by Crippen LogP contribution is -2.59. The standard InChI is InChI=1S/C32H44ClFN4O3S/c1-25-8-5-13-29(33)31(25)42(40,41)38-17-4-3-11-28(38)12-7-14-30(39)36-18-15-32(16-19-36,26-9-6-10-27(34)24-26)37-22-20-35(2)21-23-37/h5-6,8-10,13,24,28H,3-4,7,11-12,14-23H2,1-2H3. The van der Waals surface area contributed by atoms with Gasteiger partial charge in [0.25, 0.3) is 0 Å². The van der Waals surface area contributed by atoms with E-state index in [1.54, 1.807) is 41.6 Å². The second-order valence-electron chi connectivity index (χ2n) is 12.3. The van der Waals surface area contributed by atoms with Crippen LogP contribution in [0.4, 0.5) is 4.39 Å². The van der Waals surface area contributed by atoms with Gasteiger partial charge in [-0.1, -0.05) is 42.3 Å². The third-order valence-corrected chi connectivity index (χ3v) is 12.2. The fourth-order valence-electron chi connectivity index (χ4n) is 7.21. The summed E-state index contributed by atoms with van der Waals surface area (Å²) in [5.41, 5.74) is 1.39. The van der Waals surface area contributed by atoms with Crippen LogP contribution in [-0.4, -0.2) is 92.2 Å². The van der Waals surface area contributed by atoms with Gasteiger partial charge in [0.1, 0.15) is 10.7 Å². The first-order chi connectivity index (χ1) is 20.1. The Bertz CT molecular complexity index is 1340. The van der Waals surface area contributed by atoms with E-state index in [1.165, 1.54) is 6.07 Å². The van der Waals surface area contributed by atoms with Gasteiger partial charge in [0, 0.05) is 63.8 Å². The van der Waals surface area contributed by atoms with E-state index in [0.29, 0.717) is 44.5 Å². The molecule has 0 aromatic heterocycles. The van der Waals surface area contributed by atoms with E-state index in [9.17, 15) is 17.6 Å². The monoisotopic (exact) mass is 618 g/mol. The molecule has 1 amide bonds. The maximum atomic E-state index is 14.3. The Kier molecular flexibility index (Phi) is 9.94. The minimum absolute atomic E-state index is 0.119. The van der Waals surface area contributed by atoms with Gasteiger partial charge in [-0.25, -0.2) is 12.8 Å². The molecule has 3 aliphatic heterocycles. The largest absolute Gasteiger partial charge is 0.343 e. The van der Waals surface area contributed by atoms with Crippen LogP contribution in [0.2, 0.25) is 5.02 Å². The number of benzene rings is 2. The molecule has 1 unspecified atom stereocenters. The number of carbonyl (C=O) groups excluding carboxylic acids is 1. The summed E-state index contributed by atoms with van der Waals surface area (Å²) in [6, 6.07) is 12.0. The molecular formula is C32H44ClFN4O3S. The Labute approximate surface area is 255 Å². The number of likely N-dealkylation sites (tertiary alicyclic amines) is 1. The number of rotatable bonds is 8. The van der Waals surface area contributed by atoms with Crippen LogP contribution in [0.25, 0.3) is 0 Å². The summed E-state index contributed by atoms with van der Waals surface area (Å²) in [5, 5.41) is 0.255. The summed E-state index contributed by atoms with van der Waals surface area (Å²) in [5.74, 6) is -0.101. The topological polar surface area (TPSA) is 64.2 Å². The quantitative estimate of drug-likeness (QED) is 0.404. The van der Waals surface area contributed by atoms with E-state index in [1.807, 2.05) is 11.0 Å². The van der Waals surface area contributed by atoms with E-state index in [2.05, 4.69) is 16.8 Å². The average Bonchev–Trinajstić information content (AvgIpc) is 2.97. The molecule has 230 valence electrons. The molecule has 1 atom stereocenters. The minimum Gasteiger partial charge on any atom is -0.343 e. The van der Waals surface area contributed by atoms with Crippen molar-refractivity contribution >= 4 is 27.5 Å². The molecule has 7 nitrogen and oxygen atoms in total. The SMILES string of the molecule is Cc1cccc(Cl)c1S(=O)(=O)N1CCCCC1CCCC(=O)N1CCC(c2cccc(F)c2)(N2CCN(C)CC2)CC1. The van der Waals surface area contributed by atoms with Crippen LogP contribution in [0.15, 0.2) is 47.4 Å². The summed E-state index contributed by atoms with van der Waals surface area (Å²) in [6.07, 6.45) is 5.84. The van der Waals surface area contributed by atoms with E-state index >= 15 is 0 Å². The van der Waals surface area contributed by atoms with Gasteiger partial charge in [-0.05, 0) is 81.8 Å². The first-order valence-corrected chi connectivity index (χ1v) is 17.2. The summed E-state index contributed by atoms with van der Waals surface area (Å²) in [4.78, 5) is 20.3. The van der Waals surface area contributed by atoms with Crippen molar-refractivity contribution in [1.82, 2.24) is 19.0 Å². The first kappa shape index (κ1) is 31.4. The number of hydrogen-bond acceptors (Lipinski definition) is 5. The lowest BCUT2D eigenvalue weighted by Gasteiger charge is -2.51. The summed E-state index contributed by atoms with van der Waals surface area (Å²) in [7, 11) is -1.60. The van der Waals surface area contributed by atoms with Gasteiger partial charge in [-0.2, -0.15) is 4.31 Å². The summed E-state index contributed by atoms with van der Waals surface area (Å²) >= 11 is 6.36. The number of carbonyl (C=O) groups is 1. The second-order valence-corrected chi connectivity index (χ2v) is 14.5. The molecule has 3 saturated heterocycles. The highest BCUT2D eigenvalue weighted by molar-refractivity contribution is 7.89. The highest BCUT2D eigenvalue weighted by atomic mass is 35.5. The van der Waals surface area contributed by atoms with Crippen molar-refractivity contribution < 1.29 is 17.6 Å². The predicted molar refractivity (Wildman–Crippen MR) is 165 cm³/mol. The van der Waals surface area contributed by atoms with Crippen LogP contribution in [-0.2, 0) is 20.4 Å². The van der Waals surface area contributed by atoms with Crippen molar-refractivity contribution in [3.63, 3.8) is 0 Å². The van der Waals surface area contributed by atoms with E-state index in [4.69, 9.17) is 11.6 Å². The van der Waals surface area contributed by atoms with Crippen LogP contribution in [0.1, 0.15) is 62.5 Å². The zero-order valence-corrected chi connectivity index (χ0v) is 26.5. The Hall–Kier alpha value is -2.04. The molecule has 0 saturated carbocycles. The number of hydrogen-bond donors (Lipinski definition) is 0. The molecule has 3 fully saturated rings. The molecule has 10 heteroatoms. The number of amides is 1. The Morgan fingerprint density at radius 2 is 1.71 bits per heavy atom. The fraction of sp³-hybridized carbons (Fsp3) is 0.594. The van der Waals surface area contributed by atoms with Gasteiger partial charge < -0.3 is 9.80 Å². The number of sulfonamides is 1. The van der Waals surface area contributed by atoms with Gasteiger partial charge in [0.15, 0.2) is 0 Å². The smallest absolute Gasteiger partial charge is 0.245 e. The highest BCUT2D eigenvalue weighted by Crippen LogP contribution is 2.40. The van der Waals surface area contributed by atoms with Gasteiger partial charge in [0.2, 0.25) is 15.9 Å². The van der Waals surface area contributed by atoms with Crippen LogP contribution in [0, 0.1) is 12.7 Å². The maximum absolute atomic E-state index is 14.3. The maximum Gasteiger partial charge on any atom is 0.245 e. The van der Waals surface area contributed by atoms with Crippen LogP contribution in [0.5, 0.6) is 0 Å². The zero-order chi connectivity index (χ0) is 29.9. The summed E-state index contributed by atoms with van der Waals surface area (Å²) in [6.45, 7) is 7.33. The Morgan fingerprint density at radius 1 is 1.00 bits per heavy atom. The Balaban J connectivity index is 1.21. The number of likely N-dealkylation sites (N-methyl/N-ethyl adjacent to an activating group) is 1. The molecule has 0 bridgehead atoms. The average molecular weight is 619 g/mol. The molecule has 42 heavy (non-hydrogen) atoms. The first-order valence-electron chi connectivity index (χ1n) is 15.4. The number of piperidine rings is 2. The number of aryl methyl sites for hydroxylation is 1. The van der Waals surface area contributed by atoms with Crippen LogP contribution < -0.4 is 0 Å². The third kappa shape index (κ3) is 6.55. The van der Waals surface area contributed by atoms with Gasteiger partial charge in [-0.15, -0.1) is 0 Å². The lowest BCUT2D eigenvalue weighted by atomic mass is 9.78. The van der Waals surface area contributed by atoms with Gasteiger partial charge in [0.05, 0.1) is 5.02 Å². The molecule has 2 aromatic carbocycles. The number of halogens is 2. The Morgan fingerprint density at radius 3 is 2.40 bits per heavy atom. The van der Waals surface area contributed by atoms with Gasteiger partial charge in [-0.3, -0.25) is 9.69 Å². The number of nitrogens with zero attached hydrogens (tertiary/aromatic N) is 4. The molecular weight excluding hydrogens is 575 g/mol. The van der Waals surface area contributed by atoms with Crippen molar-refractivity contribution in [3.8, 4) is 0 Å². The molecule has 5 rings (SSSR count). The van der Waals surface area contributed by atoms with E-state index in [0.717, 1.165) is 63.8 Å². The molecule has 0 aliphatic carbocycles. The number of piperazine rings is 1. The highest BCUT2D eigenvalue weighted by Gasteiger charge is 2.43. The third-order valence-electron chi connectivity index (χ3n) is 9.65. The van der Waals surface area contributed by atoms with E-state index < -0.39 is 10.0 Å². The predicted octanol–water partition coefficient (Wildman–Crippen LogP) is 5.27. The summed E-state index contributed by atoms with van der Waals surface area (Å²) < 4.78 is 43.3. The van der Waals surface area contributed by atoms with Crippen molar-refractivity contribution in [1.29, 1.82) is 0 Å². The van der Waals surface area contributed by atoms with Crippen molar-refractivity contribution in [2.75, 3.05) is 52.9 Å². The van der Waals surface area contributed by atoms with Crippen molar-refractivity contribution in [2.45, 2.75) is 74.8 Å². The normalized spacial score (nSPS) is 22.8. The van der Waals surface area contributed by atoms with Crippen LogP contribution in [0.3, 0.4) is 0 Å². The lowest BCUT2D eigenvalue weighted by molar-refractivity contribution is -0.134. The van der Waals surface area contributed by atoms with Crippen molar-refractivity contribution in [3.05, 3.63) is 64.4 Å². The molecule has 0 radical (unpaired) electrons.